The van der Waals surface area contributed by atoms with E-state index in [0.29, 0.717) is 6.54 Å². The second-order valence-electron chi connectivity index (χ2n) is 2.04. The minimum Gasteiger partial charge on any atom is -0.477 e. The van der Waals surface area contributed by atoms with Crippen LogP contribution in [0.4, 0.5) is 0 Å². The van der Waals surface area contributed by atoms with Gasteiger partial charge in [-0.25, -0.2) is 4.79 Å². The summed E-state index contributed by atoms with van der Waals surface area (Å²) in [7, 11) is 0. The summed E-state index contributed by atoms with van der Waals surface area (Å²) in [6, 6.07) is 0. The molecule has 0 radical (unpaired) electrons. The third kappa shape index (κ3) is 1.17. The van der Waals surface area contributed by atoms with E-state index in [4.69, 9.17) is 5.11 Å². The molecule has 1 rings (SSSR count). The van der Waals surface area contributed by atoms with Crippen LogP contribution in [-0.4, -0.2) is 20.9 Å². The quantitative estimate of drug-likeness (QED) is 0.627. The molecule has 2 N–H and O–H groups in total. The normalized spacial score (nSPS) is 9.91. The number of hydrogen-bond acceptors (Lipinski definition) is 2. The summed E-state index contributed by atoms with van der Waals surface area (Å²) in [4.78, 5) is 21.3. The van der Waals surface area contributed by atoms with Gasteiger partial charge in [-0.2, -0.15) is 0 Å². The summed E-state index contributed by atoms with van der Waals surface area (Å²) in [5.74, 6) is -1.20. The van der Waals surface area contributed by atoms with Crippen LogP contribution in [0.3, 0.4) is 0 Å². The van der Waals surface area contributed by atoms with E-state index in [0.717, 1.165) is 0 Å². The first-order valence-corrected chi connectivity index (χ1v) is 3.18. The molecular formula is C6H8N2O3. The van der Waals surface area contributed by atoms with Gasteiger partial charge in [-0.3, -0.25) is 9.48 Å². The molecule has 1 heterocycles. The number of carboxylic acids is 1. The summed E-state index contributed by atoms with van der Waals surface area (Å²) in [6.07, 6.45) is 1.19. The van der Waals surface area contributed by atoms with Gasteiger partial charge >= 0.3 is 5.97 Å². The molecule has 0 amide bonds. The Morgan fingerprint density at radius 1 is 1.82 bits per heavy atom. The highest BCUT2D eigenvalue weighted by molar-refractivity contribution is 5.86. The largest absolute Gasteiger partial charge is 0.477 e. The molecule has 5 heteroatoms. The van der Waals surface area contributed by atoms with Gasteiger partial charge < -0.3 is 10.2 Å². The topological polar surface area (TPSA) is 75.1 Å². The minimum absolute atomic E-state index is 0.216. The van der Waals surface area contributed by atoms with Gasteiger partial charge in [0.05, 0.1) is 0 Å². The van der Waals surface area contributed by atoms with Crippen LogP contribution in [0.1, 0.15) is 17.3 Å². The van der Waals surface area contributed by atoms with E-state index < -0.39 is 11.5 Å². The summed E-state index contributed by atoms with van der Waals surface area (Å²) >= 11 is 0. The summed E-state index contributed by atoms with van der Waals surface area (Å²) < 4.78 is 1.23. The molecule has 0 bridgehead atoms. The molecule has 0 unspecified atom stereocenters. The number of rotatable bonds is 2. The zero-order valence-electron chi connectivity index (χ0n) is 6.00. The smallest absolute Gasteiger partial charge is 0.342 e. The van der Waals surface area contributed by atoms with Crippen molar-refractivity contribution in [2.75, 3.05) is 0 Å². The van der Waals surface area contributed by atoms with Crippen LogP contribution in [0.5, 0.6) is 0 Å². The number of H-pyrrole nitrogens is 1. The number of nitrogens with one attached hydrogen (secondary N) is 1. The Balaban J connectivity index is 3.22. The predicted octanol–water partition coefficient (Wildman–Crippen LogP) is -0.105. The summed E-state index contributed by atoms with van der Waals surface area (Å²) in [5, 5.41) is 11.0. The molecule has 0 aliphatic rings. The van der Waals surface area contributed by atoms with Gasteiger partial charge in [0.25, 0.3) is 5.56 Å². The van der Waals surface area contributed by atoms with E-state index in [9.17, 15) is 9.59 Å². The highest BCUT2D eigenvalue weighted by atomic mass is 16.4. The zero-order chi connectivity index (χ0) is 8.43. The predicted molar refractivity (Wildman–Crippen MR) is 37.7 cm³/mol. The molecule has 1 aromatic heterocycles. The number of aromatic nitrogens is 2. The van der Waals surface area contributed by atoms with Gasteiger partial charge in [-0.1, -0.05) is 0 Å². The Bertz CT molecular complexity index is 323. The maximum absolute atomic E-state index is 11.0. The maximum Gasteiger partial charge on any atom is 0.342 e. The van der Waals surface area contributed by atoms with Crippen LogP contribution in [0, 0.1) is 0 Å². The number of aryl methyl sites for hydroxylation is 1. The second-order valence-corrected chi connectivity index (χ2v) is 2.04. The summed E-state index contributed by atoms with van der Waals surface area (Å²) in [5.41, 5.74) is -0.702. The first-order valence-electron chi connectivity index (χ1n) is 3.18. The first kappa shape index (κ1) is 7.59. The Labute approximate surface area is 62.3 Å². The Morgan fingerprint density at radius 2 is 2.45 bits per heavy atom. The van der Waals surface area contributed by atoms with E-state index in [1.165, 1.54) is 10.9 Å². The number of aromatic carboxylic acids is 1. The van der Waals surface area contributed by atoms with Crippen molar-refractivity contribution in [1.29, 1.82) is 0 Å². The van der Waals surface area contributed by atoms with Crippen LogP contribution in [-0.2, 0) is 6.54 Å². The average molecular weight is 156 g/mol. The van der Waals surface area contributed by atoms with Crippen molar-refractivity contribution < 1.29 is 9.90 Å². The first-order chi connectivity index (χ1) is 5.16. The zero-order valence-corrected chi connectivity index (χ0v) is 6.00. The van der Waals surface area contributed by atoms with E-state index >= 15 is 0 Å². The molecule has 0 saturated carbocycles. The van der Waals surface area contributed by atoms with Crippen molar-refractivity contribution in [1.82, 2.24) is 9.78 Å². The molecule has 0 aromatic carbocycles. The van der Waals surface area contributed by atoms with Crippen molar-refractivity contribution in [3.63, 3.8) is 0 Å². The number of carboxylic acid groups (broad SMARTS) is 1. The monoisotopic (exact) mass is 156 g/mol. The van der Waals surface area contributed by atoms with Crippen molar-refractivity contribution >= 4 is 5.97 Å². The third-order valence-corrected chi connectivity index (χ3v) is 1.39. The van der Waals surface area contributed by atoms with E-state index in [1.54, 1.807) is 6.92 Å². The minimum atomic E-state index is -1.20. The second kappa shape index (κ2) is 2.61. The molecule has 0 aliphatic carbocycles. The van der Waals surface area contributed by atoms with Gasteiger partial charge in [0.15, 0.2) is 0 Å². The molecular weight excluding hydrogens is 148 g/mol. The van der Waals surface area contributed by atoms with Crippen molar-refractivity contribution in [3.8, 4) is 0 Å². The van der Waals surface area contributed by atoms with E-state index in [-0.39, 0.29) is 5.56 Å². The lowest BCUT2D eigenvalue weighted by molar-refractivity contribution is 0.0695. The third-order valence-electron chi connectivity index (χ3n) is 1.39. The fourth-order valence-corrected chi connectivity index (χ4v) is 0.796. The molecule has 5 nitrogen and oxygen atoms in total. The lowest BCUT2D eigenvalue weighted by atomic mass is 10.4. The fourth-order valence-electron chi connectivity index (χ4n) is 0.796. The number of nitrogens with zero attached hydrogens (tertiary/aromatic N) is 1. The van der Waals surface area contributed by atoms with Gasteiger partial charge in [-0.05, 0) is 6.92 Å². The number of aromatic amines is 1. The van der Waals surface area contributed by atoms with Crippen LogP contribution in [0.15, 0.2) is 11.0 Å². The lowest BCUT2D eigenvalue weighted by Crippen LogP contribution is -2.20. The molecule has 0 fully saturated rings. The molecule has 0 atom stereocenters. The summed E-state index contributed by atoms with van der Waals surface area (Å²) in [6.45, 7) is 2.20. The highest BCUT2D eigenvalue weighted by Gasteiger charge is 2.10. The van der Waals surface area contributed by atoms with Crippen molar-refractivity contribution in [3.05, 3.63) is 22.1 Å². The van der Waals surface area contributed by atoms with Gasteiger partial charge in [0, 0.05) is 12.7 Å². The molecule has 11 heavy (non-hydrogen) atoms. The van der Waals surface area contributed by atoms with Crippen molar-refractivity contribution in [2.45, 2.75) is 13.5 Å². The van der Waals surface area contributed by atoms with Crippen LogP contribution >= 0.6 is 0 Å². The maximum atomic E-state index is 11.0. The standard InChI is InChI=1S/C6H8N2O3/c1-2-8-5(9)4(3-7-8)6(10)11/h3,7H,2H2,1H3,(H,10,11). The van der Waals surface area contributed by atoms with Gasteiger partial charge in [0.2, 0.25) is 0 Å². The van der Waals surface area contributed by atoms with Gasteiger partial charge in [-0.15, -0.1) is 0 Å². The van der Waals surface area contributed by atoms with E-state index in [2.05, 4.69) is 5.10 Å². The Morgan fingerprint density at radius 3 is 2.73 bits per heavy atom. The molecule has 0 saturated heterocycles. The Hall–Kier alpha value is -1.52. The highest BCUT2D eigenvalue weighted by Crippen LogP contribution is 1.87. The van der Waals surface area contributed by atoms with E-state index in [1.807, 2.05) is 0 Å². The molecule has 0 spiro atoms. The average Bonchev–Trinajstić information content (AvgIpc) is 2.30. The van der Waals surface area contributed by atoms with Crippen LogP contribution in [0.25, 0.3) is 0 Å². The lowest BCUT2D eigenvalue weighted by Gasteiger charge is -1.90. The molecule has 1 aromatic rings. The van der Waals surface area contributed by atoms with Crippen LogP contribution < -0.4 is 5.56 Å². The molecule has 60 valence electrons. The Kier molecular flexibility index (Phi) is 1.80. The number of hydrogen-bond donors (Lipinski definition) is 2. The fraction of sp³-hybridized carbons (Fsp3) is 0.333. The number of carbonyl (C=O) groups is 1. The van der Waals surface area contributed by atoms with Crippen LogP contribution in [0.2, 0.25) is 0 Å². The van der Waals surface area contributed by atoms with Gasteiger partial charge in [0.1, 0.15) is 5.56 Å². The molecule has 0 aliphatic heterocycles. The van der Waals surface area contributed by atoms with Crippen molar-refractivity contribution in [2.24, 2.45) is 0 Å². The SMILES string of the molecule is CCn1[nH]cc(C(=O)O)c1=O.